The van der Waals surface area contributed by atoms with Crippen LogP contribution in [0.4, 0.5) is 4.39 Å². The number of morpholine rings is 1. The third kappa shape index (κ3) is 3.37. The zero-order valence-electron chi connectivity index (χ0n) is 14.0. The molecule has 0 bridgehead atoms. The Labute approximate surface area is 144 Å². The Kier molecular flexibility index (Phi) is 4.76. The van der Waals surface area contributed by atoms with Crippen molar-refractivity contribution in [2.24, 2.45) is 0 Å². The lowest BCUT2D eigenvalue weighted by molar-refractivity contribution is 0.0125. The Morgan fingerprint density at radius 3 is 2.96 bits per heavy atom. The van der Waals surface area contributed by atoms with E-state index in [2.05, 4.69) is 16.2 Å². The number of halogens is 1. The van der Waals surface area contributed by atoms with Crippen LogP contribution in [-0.4, -0.2) is 51.4 Å². The minimum atomic E-state index is -0.662. The molecule has 1 aliphatic rings. The average Bonchev–Trinajstić information content (AvgIpc) is 3.07. The van der Waals surface area contributed by atoms with Crippen LogP contribution in [0, 0.1) is 17.1 Å². The summed E-state index contributed by atoms with van der Waals surface area (Å²) in [5.41, 5.74) is 0.495. The topological polar surface area (TPSA) is 84.0 Å². The molecule has 8 heteroatoms. The van der Waals surface area contributed by atoms with Crippen molar-refractivity contribution >= 4 is 5.91 Å². The molecule has 7 nitrogen and oxygen atoms in total. The number of carbonyl (C=O) groups is 1. The summed E-state index contributed by atoms with van der Waals surface area (Å²) in [5, 5.41) is 13.5. The lowest BCUT2D eigenvalue weighted by atomic mass is 10.2. The molecule has 1 atom stereocenters. The molecular formula is C17H18FN5O2. The van der Waals surface area contributed by atoms with Crippen LogP contribution >= 0.6 is 0 Å². The zero-order chi connectivity index (χ0) is 18.0. The predicted molar refractivity (Wildman–Crippen MR) is 86.7 cm³/mol. The summed E-state index contributed by atoms with van der Waals surface area (Å²) in [7, 11) is 0. The highest BCUT2D eigenvalue weighted by Crippen LogP contribution is 2.19. The van der Waals surface area contributed by atoms with Crippen molar-refractivity contribution in [2.75, 3.05) is 19.8 Å². The minimum Gasteiger partial charge on any atom is -0.376 e. The van der Waals surface area contributed by atoms with Crippen molar-refractivity contribution in [1.29, 1.82) is 5.26 Å². The molecule has 1 amide bonds. The standard InChI is InChI=1S/C17H18FN5O2/c1-11(2)16-20-15(17(24)22-6-7-25-10-14(22)9-19)21-23(16)13-5-3-4-12(18)8-13/h3-5,8,11,14H,6-7,10H2,1-2H3. The van der Waals surface area contributed by atoms with Crippen molar-refractivity contribution in [3.63, 3.8) is 0 Å². The molecule has 1 saturated heterocycles. The molecule has 25 heavy (non-hydrogen) atoms. The third-order valence-electron chi connectivity index (χ3n) is 3.93. The number of nitrogens with zero attached hydrogens (tertiary/aromatic N) is 5. The Hall–Kier alpha value is -2.79. The number of amides is 1. The van der Waals surface area contributed by atoms with Gasteiger partial charge in [0.1, 0.15) is 17.7 Å². The van der Waals surface area contributed by atoms with Gasteiger partial charge in [0.15, 0.2) is 0 Å². The number of aromatic nitrogens is 3. The van der Waals surface area contributed by atoms with Crippen LogP contribution in [0.1, 0.15) is 36.2 Å². The second kappa shape index (κ2) is 6.99. The first-order valence-electron chi connectivity index (χ1n) is 8.02. The SMILES string of the molecule is CC(C)c1nc(C(=O)N2CCOCC2C#N)nn1-c1cccc(F)c1. The predicted octanol–water partition coefficient (Wildman–Crippen LogP) is 1.89. The third-order valence-corrected chi connectivity index (χ3v) is 3.93. The van der Waals surface area contributed by atoms with Crippen LogP contribution in [0.2, 0.25) is 0 Å². The molecular weight excluding hydrogens is 325 g/mol. The van der Waals surface area contributed by atoms with Crippen LogP contribution < -0.4 is 0 Å². The number of hydrogen-bond acceptors (Lipinski definition) is 5. The van der Waals surface area contributed by atoms with Crippen LogP contribution in [0.25, 0.3) is 5.69 Å². The van der Waals surface area contributed by atoms with Gasteiger partial charge in [-0.1, -0.05) is 19.9 Å². The highest BCUT2D eigenvalue weighted by molar-refractivity contribution is 5.91. The van der Waals surface area contributed by atoms with Gasteiger partial charge >= 0.3 is 0 Å². The van der Waals surface area contributed by atoms with Gasteiger partial charge in [-0.05, 0) is 18.2 Å². The zero-order valence-corrected chi connectivity index (χ0v) is 14.0. The van der Waals surface area contributed by atoms with Crippen molar-refractivity contribution in [3.8, 4) is 11.8 Å². The van der Waals surface area contributed by atoms with Crippen LogP contribution in [0.5, 0.6) is 0 Å². The Balaban J connectivity index is 1.99. The first kappa shape index (κ1) is 17.0. The Morgan fingerprint density at radius 1 is 1.48 bits per heavy atom. The molecule has 0 aliphatic carbocycles. The van der Waals surface area contributed by atoms with E-state index < -0.39 is 17.8 Å². The van der Waals surface area contributed by atoms with Gasteiger partial charge in [-0.3, -0.25) is 4.79 Å². The molecule has 0 N–H and O–H groups in total. The van der Waals surface area contributed by atoms with Crippen LogP contribution in [0.15, 0.2) is 24.3 Å². The molecule has 3 rings (SSSR count). The molecule has 1 unspecified atom stereocenters. The highest BCUT2D eigenvalue weighted by Gasteiger charge is 2.31. The maximum absolute atomic E-state index is 13.6. The summed E-state index contributed by atoms with van der Waals surface area (Å²) < 4.78 is 20.3. The lowest BCUT2D eigenvalue weighted by Gasteiger charge is -2.30. The fourth-order valence-electron chi connectivity index (χ4n) is 2.67. The molecule has 2 heterocycles. The summed E-state index contributed by atoms with van der Waals surface area (Å²) >= 11 is 0. The quantitative estimate of drug-likeness (QED) is 0.850. The molecule has 1 fully saturated rings. The van der Waals surface area contributed by atoms with Gasteiger partial charge in [0, 0.05) is 12.5 Å². The number of rotatable bonds is 3. The lowest BCUT2D eigenvalue weighted by Crippen LogP contribution is -2.48. The smallest absolute Gasteiger partial charge is 0.294 e. The van der Waals surface area contributed by atoms with Crippen molar-refractivity contribution < 1.29 is 13.9 Å². The van der Waals surface area contributed by atoms with E-state index in [0.717, 1.165) is 0 Å². The largest absolute Gasteiger partial charge is 0.376 e. The number of carbonyl (C=O) groups excluding carboxylic acids is 1. The molecule has 0 radical (unpaired) electrons. The van der Waals surface area contributed by atoms with Gasteiger partial charge in [0.2, 0.25) is 5.82 Å². The first-order chi connectivity index (χ1) is 12.0. The molecule has 1 aromatic carbocycles. The summed E-state index contributed by atoms with van der Waals surface area (Å²) in [4.78, 5) is 18.5. The second-order valence-electron chi connectivity index (χ2n) is 6.06. The van der Waals surface area contributed by atoms with Gasteiger partial charge < -0.3 is 9.64 Å². The van der Waals surface area contributed by atoms with E-state index in [1.165, 1.54) is 21.7 Å². The van der Waals surface area contributed by atoms with E-state index in [-0.39, 0.29) is 18.3 Å². The van der Waals surface area contributed by atoms with Crippen LogP contribution in [-0.2, 0) is 4.74 Å². The molecule has 1 aliphatic heterocycles. The number of hydrogen-bond donors (Lipinski definition) is 0. The van der Waals surface area contributed by atoms with Gasteiger partial charge in [-0.15, -0.1) is 5.10 Å². The monoisotopic (exact) mass is 343 g/mol. The van der Waals surface area contributed by atoms with E-state index in [4.69, 9.17) is 4.74 Å². The normalized spacial score (nSPS) is 17.6. The Bertz CT molecular complexity index is 827. The van der Waals surface area contributed by atoms with Gasteiger partial charge in [0.05, 0.1) is 25.0 Å². The van der Waals surface area contributed by atoms with E-state index in [1.54, 1.807) is 12.1 Å². The maximum Gasteiger partial charge on any atom is 0.294 e. The number of nitriles is 1. The number of benzene rings is 1. The molecule has 1 aromatic heterocycles. The highest BCUT2D eigenvalue weighted by atomic mass is 19.1. The van der Waals surface area contributed by atoms with Gasteiger partial charge in [-0.25, -0.2) is 14.1 Å². The summed E-state index contributed by atoms with van der Waals surface area (Å²) in [6.07, 6.45) is 0. The summed E-state index contributed by atoms with van der Waals surface area (Å²) in [6.45, 7) is 4.68. The van der Waals surface area contributed by atoms with E-state index in [1.807, 2.05) is 13.8 Å². The Morgan fingerprint density at radius 2 is 2.28 bits per heavy atom. The van der Waals surface area contributed by atoms with Crippen LogP contribution in [0.3, 0.4) is 0 Å². The van der Waals surface area contributed by atoms with Crippen molar-refractivity contribution in [2.45, 2.75) is 25.8 Å². The molecule has 130 valence electrons. The molecule has 0 spiro atoms. The van der Waals surface area contributed by atoms with Crippen molar-refractivity contribution in [1.82, 2.24) is 19.7 Å². The fraction of sp³-hybridized carbons (Fsp3) is 0.412. The van der Waals surface area contributed by atoms with Gasteiger partial charge in [0.25, 0.3) is 5.91 Å². The van der Waals surface area contributed by atoms with E-state index in [9.17, 15) is 14.4 Å². The van der Waals surface area contributed by atoms with Crippen molar-refractivity contribution in [3.05, 3.63) is 41.7 Å². The fourth-order valence-corrected chi connectivity index (χ4v) is 2.67. The minimum absolute atomic E-state index is 0.00453. The number of ether oxygens (including phenoxy) is 1. The average molecular weight is 343 g/mol. The summed E-state index contributed by atoms with van der Waals surface area (Å²) in [6, 6.07) is 7.34. The van der Waals surface area contributed by atoms with E-state index in [0.29, 0.717) is 24.7 Å². The van der Waals surface area contributed by atoms with E-state index >= 15 is 0 Å². The molecule has 0 saturated carbocycles. The first-order valence-corrected chi connectivity index (χ1v) is 8.02. The second-order valence-corrected chi connectivity index (χ2v) is 6.06. The summed E-state index contributed by atoms with van der Waals surface area (Å²) in [5.74, 6) is -0.292. The molecule has 2 aromatic rings. The maximum atomic E-state index is 13.6. The van der Waals surface area contributed by atoms with Gasteiger partial charge in [-0.2, -0.15) is 5.26 Å².